The topological polar surface area (TPSA) is 78.3 Å². The number of hydrogen-bond acceptors (Lipinski definition) is 7. The first-order valence-electron chi connectivity index (χ1n) is 9.80. The first-order valence-corrected chi connectivity index (χ1v) is 11.0. The van der Waals surface area contributed by atoms with E-state index in [0.29, 0.717) is 47.1 Å². The number of aryl methyl sites for hydroxylation is 1. The number of Topliss-reactive ketones (excluding diaryl/α,β-unsaturated/α-hetero) is 1. The van der Waals surface area contributed by atoms with E-state index in [2.05, 4.69) is 29.3 Å². The number of carbonyl (C=O) groups is 1. The van der Waals surface area contributed by atoms with E-state index in [-0.39, 0.29) is 12.0 Å². The van der Waals surface area contributed by atoms with Crippen LogP contribution >= 0.6 is 22.9 Å². The highest BCUT2D eigenvalue weighted by molar-refractivity contribution is 7.19. The molecule has 4 heterocycles. The number of pyridine rings is 1. The summed E-state index contributed by atoms with van der Waals surface area (Å²) in [5.41, 5.74) is 5.34. The number of hydrogen-bond donors (Lipinski definition) is 1. The van der Waals surface area contributed by atoms with Gasteiger partial charge in [0.15, 0.2) is 12.0 Å². The van der Waals surface area contributed by atoms with Gasteiger partial charge in [-0.1, -0.05) is 36.8 Å². The van der Waals surface area contributed by atoms with Gasteiger partial charge < -0.3 is 9.30 Å². The summed E-state index contributed by atoms with van der Waals surface area (Å²) in [4.78, 5) is 27.7. The monoisotopic (exact) mass is 446 g/mol. The molecule has 9 heteroatoms. The number of fused-ring (bicyclic) bond motifs is 1. The van der Waals surface area contributed by atoms with Crippen LogP contribution in [-0.4, -0.2) is 26.9 Å². The first kappa shape index (κ1) is 20.8. The van der Waals surface area contributed by atoms with Gasteiger partial charge in [-0.25, -0.2) is 20.3 Å². The average Bonchev–Trinajstić information content (AvgIpc) is 3.34. The molecule has 0 saturated heterocycles. The molecular formula is C21H23ClN4O3S. The fraction of sp³-hybridized carbons (Fsp3) is 0.381. The molecule has 0 bridgehead atoms. The molecule has 158 valence electrons. The first-order chi connectivity index (χ1) is 14.4. The van der Waals surface area contributed by atoms with Gasteiger partial charge in [0.05, 0.1) is 22.9 Å². The van der Waals surface area contributed by atoms with Gasteiger partial charge in [0, 0.05) is 30.8 Å². The van der Waals surface area contributed by atoms with E-state index in [1.54, 1.807) is 6.20 Å². The lowest BCUT2D eigenvalue weighted by molar-refractivity contribution is 0.0234. The Bertz CT molecular complexity index is 1060. The van der Waals surface area contributed by atoms with Gasteiger partial charge in [-0.2, -0.15) is 0 Å². The molecule has 1 aliphatic rings. The Balaban J connectivity index is 1.46. The lowest BCUT2D eigenvalue weighted by Crippen LogP contribution is -2.25. The molecule has 0 aliphatic carbocycles. The molecule has 1 aliphatic heterocycles. The molecule has 0 aromatic carbocycles. The van der Waals surface area contributed by atoms with Crippen molar-refractivity contribution in [1.82, 2.24) is 14.5 Å². The number of ether oxygens (including phenoxy) is 1. The number of ketones is 1. The van der Waals surface area contributed by atoms with Crippen LogP contribution in [0.3, 0.4) is 0 Å². The Kier molecular flexibility index (Phi) is 6.08. The van der Waals surface area contributed by atoms with Gasteiger partial charge in [0.1, 0.15) is 5.02 Å². The summed E-state index contributed by atoms with van der Waals surface area (Å²) < 4.78 is 7.49. The van der Waals surface area contributed by atoms with Gasteiger partial charge >= 0.3 is 0 Å². The minimum absolute atomic E-state index is 0.137. The van der Waals surface area contributed by atoms with Crippen LogP contribution in [0.5, 0.6) is 5.88 Å². The van der Waals surface area contributed by atoms with Crippen molar-refractivity contribution >= 4 is 33.9 Å². The number of rotatable bonds is 7. The third kappa shape index (κ3) is 4.35. The van der Waals surface area contributed by atoms with E-state index in [1.807, 2.05) is 35.9 Å². The van der Waals surface area contributed by atoms with Crippen LogP contribution in [0.2, 0.25) is 5.02 Å². The molecule has 1 N–H and O–H groups in total. The third-order valence-corrected chi connectivity index (χ3v) is 6.07. The lowest BCUT2D eigenvalue weighted by atomic mass is 10.1. The number of anilines is 1. The Hall–Kier alpha value is -2.42. The highest BCUT2D eigenvalue weighted by Gasteiger charge is 2.25. The van der Waals surface area contributed by atoms with Crippen molar-refractivity contribution in [2.45, 2.75) is 39.8 Å². The number of halogens is 1. The second kappa shape index (κ2) is 8.75. The minimum Gasteiger partial charge on any atom is -0.476 e. The molecule has 0 spiro atoms. The van der Waals surface area contributed by atoms with Crippen molar-refractivity contribution in [3.63, 3.8) is 0 Å². The second-order valence-corrected chi connectivity index (χ2v) is 8.99. The van der Waals surface area contributed by atoms with Crippen LogP contribution in [-0.2, 0) is 4.84 Å². The highest BCUT2D eigenvalue weighted by Crippen LogP contribution is 2.36. The Morgan fingerprint density at radius 1 is 1.43 bits per heavy atom. The molecular weight excluding hydrogens is 424 g/mol. The van der Waals surface area contributed by atoms with Crippen LogP contribution < -0.4 is 10.2 Å². The molecule has 0 fully saturated rings. The van der Waals surface area contributed by atoms with Crippen LogP contribution in [0.4, 0.5) is 5.13 Å². The summed E-state index contributed by atoms with van der Waals surface area (Å²) in [5.74, 6) is 0.967. The molecule has 7 nitrogen and oxygen atoms in total. The zero-order valence-corrected chi connectivity index (χ0v) is 18.6. The minimum atomic E-state index is -0.256. The van der Waals surface area contributed by atoms with Gasteiger partial charge in [-0.05, 0) is 31.0 Å². The van der Waals surface area contributed by atoms with Crippen LogP contribution in [0.25, 0.3) is 10.4 Å². The third-order valence-electron chi connectivity index (χ3n) is 4.70. The quantitative estimate of drug-likeness (QED) is 0.481. The van der Waals surface area contributed by atoms with E-state index < -0.39 is 0 Å². The summed E-state index contributed by atoms with van der Waals surface area (Å²) in [7, 11) is 0. The summed E-state index contributed by atoms with van der Waals surface area (Å²) in [6.45, 7) is 6.63. The van der Waals surface area contributed by atoms with Crippen LogP contribution in [0.1, 0.15) is 49.1 Å². The van der Waals surface area contributed by atoms with Gasteiger partial charge in [-0.3, -0.25) is 4.79 Å². The van der Waals surface area contributed by atoms with Crippen molar-refractivity contribution in [1.29, 1.82) is 0 Å². The predicted molar refractivity (Wildman–Crippen MR) is 117 cm³/mol. The summed E-state index contributed by atoms with van der Waals surface area (Å²) >= 11 is 7.81. The van der Waals surface area contributed by atoms with Crippen molar-refractivity contribution in [3.05, 3.63) is 47.0 Å². The number of nitrogens with one attached hydrogen (secondary N) is 1. The molecule has 30 heavy (non-hydrogen) atoms. The van der Waals surface area contributed by atoms with E-state index in [4.69, 9.17) is 21.2 Å². The Morgan fingerprint density at radius 2 is 2.27 bits per heavy atom. The average molecular weight is 447 g/mol. The van der Waals surface area contributed by atoms with Crippen molar-refractivity contribution in [2.24, 2.45) is 5.92 Å². The fourth-order valence-corrected chi connectivity index (χ4v) is 4.36. The zero-order chi connectivity index (χ0) is 21.3. The fourth-order valence-electron chi connectivity index (χ4n) is 3.25. The lowest BCUT2D eigenvalue weighted by Gasteiger charge is -2.24. The SMILES string of the molecule is Cc1nc(NOC2CCC(=O)c3cccn32)sc1-c1cnc(OCC(C)C)c(Cl)c1. The van der Waals surface area contributed by atoms with E-state index >= 15 is 0 Å². The largest absolute Gasteiger partial charge is 0.476 e. The molecule has 1 atom stereocenters. The smallest absolute Gasteiger partial charge is 0.232 e. The molecule has 0 saturated carbocycles. The summed E-state index contributed by atoms with van der Waals surface area (Å²) in [6, 6.07) is 5.51. The van der Waals surface area contributed by atoms with E-state index in [1.165, 1.54) is 11.3 Å². The maximum atomic E-state index is 12.0. The number of thiazole rings is 1. The molecule has 0 amide bonds. The highest BCUT2D eigenvalue weighted by atomic mass is 35.5. The summed E-state index contributed by atoms with van der Waals surface area (Å²) in [6.07, 6.45) is 4.42. The molecule has 4 rings (SSSR count). The van der Waals surface area contributed by atoms with Crippen molar-refractivity contribution in [3.8, 4) is 16.3 Å². The molecule has 0 radical (unpaired) electrons. The van der Waals surface area contributed by atoms with Gasteiger partial charge in [0.25, 0.3) is 0 Å². The van der Waals surface area contributed by atoms with Crippen molar-refractivity contribution in [2.75, 3.05) is 12.1 Å². The molecule has 3 aromatic rings. The molecule has 3 aromatic heterocycles. The normalized spacial score (nSPS) is 16.0. The Morgan fingerprint density at radius 3 is 3.03 bits per heavy atom. The van der Waals surface area contributed by atoms with Crippen LogP contribution in [0.15, 0.2) is 30.6 Å². The van der Waals surface area contributed by atoms with E-state index in [9.17, 15) is 4.79 Å². The maximum absolute atomic E-state index is 12.0. The standard InChI is InChI=1S/C21H23ClN4O3S/c1-12(2)11-28-20-15(22)9-14(10-23-20)19-13(3)24-21(30-19)25-29-18-7-6-17(27)16-5-4-8-26(16)18/h4-5,8-10,12,18H,6-7,11H2,1-3H3,(H,24,25). The second-order valence-electron chi connectivity index (χ2n) is 7.59. The summed E-state index contributed by atoms with van der Waals surface area (Å²) in [5, 5.41) is 1.10. The number of carbonyl (C=O) groups excluding carboxylic acids is 1. The zero-order valence-electron chi connectivity index (χ0n) is 17.0. The van der Waals surface area contributed by atoms with Crippen molar-refractivity contribution < 1.29 is 14.4 Å². The van der Waals surface area contributed by atoms with Gasteiger partial charge in [0.2, 0.25) is 11.0 Å². The number of aromatic nitrogens is 3. The maximum Gasteiger partial charge on any atom is 0.232 e. The Labute approximate surface area is 184 Å². The predicted octanol–water partition coefficient (Wildman–Crippen LogP) is 5.52. The van der Waals surface area contributed by atoms with Gasteiger partial charge in [-0.15, -0.1) is 0 Å². The van der Waals surface area contributed by atoms with Crippen LogP contribution in [0, 0.1) is 12.8 Å². The van der Waals surface area contributed by atoms with E-state index in [0.717, 1.165) is 16.1 Å². The molecule has 1 unspecified atom stereocenters. The number of nitrogens with zero attached hydrogens (tertiary/aromatic N) is 3.